The Hall–Kier alpha value is -0.140. The molecular weight excluding hydrogens is 485 g/mol. The third kappa shape index (κ3) is 19.0. The Morgan fingerprint density at radius 3 is 0.921 bits per heavy atom. The van der Waals surface area contributed by atoms with Crippen LogP contribution in [0.5, 0.6) is 0 Å². The van der Waals surface area contributed by atoms with Crippen molar-refractivity contribution in [1.29, 1.82) is 0 Å². The van der Waals surface area contributed by atoms with E-state index in [1.165, 1.54) is 179 Å². The molecule has 0 spiro atoms. The number of carbonyl (C=O) groups excluding carboxylic acids is 1. The molecule has 0 unspecified atom stereocenters. The van der Waals surface area contributed by atoms with Crippen LogP contribution in [0.25, 0.3) is 0 Å². The molecule has 0 amide bonds. The molecule has 0 atom stereocenters. The van der Waals surface area contributed by atoms with Crippen LogP contribution in [0.4, 0.5) is 0 Å². The molecule has 0 rings (SSSR count). The number of nitrogens with two attached hydrogens (primary N) is 1. The van der Waals surface area contributed by atoms with Gasteiger partial charge in [-0.1, -0.05) is 0 Å². The first-order valence-electron chi connectivity index (χ1n) is 17.4. The van der Waals surface area contributed by atoms with Gasteiger partial charge < -0.3 is 0 Å². The van der Waals surface area contributed by atoms with Gasteiger partial charge in [0.05, 0.1) is 0 Å². The Kier molecular flexibility index (Phi) is 25.7. The normalized spacial score (nSPS) is 12.9. The van der Waals surface area contributed by atoms with Gasteiger partial charge in [0.1, 0.15) is 0 Å². The van der Waals surface area contributed by atoms with Gasteiger partial charge >= 0.3 is 241 Å². The van der Waals surface area contributed by atoms with Crippen molar-refractivity contribution >= 4 is 12.8 Å². The molecule has 0 aliphatic carbocycles. The first-order valence-corrected chi connectivity index (χ1v) is 20.3. The summed E-state index contributed by atoms with van der Waals surface area (Å²) >= 11 is 0. The van der Waals surface area contributed by atoms with E-state index in [9.17, 15) is 4.79 Å². The molecule has 0 fully saturated rings. The van der Waals surface area contributed by atoms with Crippen LogP contribution in [-0.2, 0) is 9.32 Å². The van der Waals surface area contributed by atoms with Crippen LogP contribution in [0.15, 0.2) is 0 Å². The summed E-state index contributed by atoms with van der Waals surface area (Å²) in [6, 6.07) is 0. The van der Waals surface area contributed by atoms with Crippen molar-refractivity contribution in [3.05, 3.63) is 0 Å². The molecule has 0 aromatic heterocycles. The van der Waals surface area contributed by atoms with E-state index in [0.29, 0.717) is 0 Å². The van der Waals surface area contributed by atoms with E-state index in [1.807, 2.05) is 0 Å². The SMILES string of the molecule is CCCCCCCCP(CCCCCCCC)(CCCCCCCC)(CCCCCCCC)OC(=O)CN. The van der Waals surface area contributed by atoms with E-state index in [2.05, 4.69) is 27.7 Å². The van der Waals surface area contributed by atoms with Gasteiger partial charge in [-0.25, -0.2) is 0 Å². The molecule has 0 bridgehead atoms. The van der Waals surface area contributed by atoms with Crippen LogP contribution in [-0.4, -0.2) is 37.2 Å². The summed E-state index contributed by atoms with van der Waals surface area (Å²) in [7, 11) is 0. The third-order valence-corrected chi connectivity index (χ3v) is 15.3. The Bertz CT molecular complexity index is 449. The molecule has 0 aliphatic heterocycles. The maximum absolute atomic E-state index is 13.0. The molecule has 0 saturated carbocycles. The number of unbranched alkanes of at least 4 members (excludes halogenated alkanes) is 20. The van der Waals surface area contributed by atoms with E-state index in [1.54, 1.807) is 0 Å². The van der Waals surface area contributed by atoms with E-state index >= 15 is 0 Å². The predicted molar refractivity (Wildman–Crippen MR) is 175 cm³/mol. The van der Waals surface area contributed by atoms with Crippen molar-refractivity contribution in [2.24, 2.45) is 5.73 Å². The van der Waals surface area contributed by atoms with E-state index < -0.39 is 6.83 Å². The second-order valence-electron chi connectivity index (χ2n) is 12.5. The van der Waals surface area contributed by atoms with Crippen molar-refractivity contribution in [1.82, 2.24) is 0 Å². The van der Waals surface area contributed by atoms with Crippen LogP contribution in [0, 0.1) is 0 Å². The van der Waals surface area contributed by atoms with Crippen LogP contribution in [0.1, 0.15) is 182 Å². The van der Waals surface area contributed by atoms with Crippen LogP contribution in [0.2, 0.25) is 0 Å². The summed E-state index contributed by atoms with van der Waals surface area (Å²) in [6.07, 6.45) is 36.1. The molecular formula is C34H72NO2P. The van der Waals surface area contributed by atoms with Gasteiger partial charge in [0, 0.05) is 0 Å². The molecule has 230 valence electrons. The number of hydrogen-bond donors (Lipinski definition) is 1. The van der Waals surface area contributed by atoms with Crippen molar-refractivity contribution in [3.8, 4) is 0 Å². The summed E-state index contributed by atoms with van der Waals surface area (Å²) in [5.74, 6) is -0.114. The predicted octanol–water partition coefficient (Wildman–Crippen LogP) is 11.4. The third-order valence-electron chi connectivity index (χ3n) is 8.84. The minimum absolute atomic E-state index is 0.0396. The van der Waals surface area contributed by atoms with E-state index in [-0.39, 0.29) is 12.5 Å². The number of hydrogen-bond acceptors (Lipinski definition) is 3. The quantitative estimate of drug-likeness (QED) is 0.0705. The van der Waals surface area contributed by atoms with E-state index in [4.69, 9.17) is 10.3 Å². The Morgan fingerprint density at radius 1 is 0.447 bits per heavy atom. The number of carbonyl (C=O) groups is 1. The molecule has 38 heavy (non-hydrogen) atoms. The summed E-state index contributed by atoms with van der Waals surface area (Å²) in [6.45, 7) is 6.57. The Morgan fingerprint density at radius 2 is 0.684 bits per heavy atom. The van der Waals surface area contributed by atoms with Crippen LogP contribution in [0.3, 0.4) is 0 Å². The van der Waals surface area contributed by atoms with Gasteiger partial charge in [-0.2, -0.15) is 0 Å². The van der Waals surface area contributed by atoms with Crippen molar-refractivity contribution < 1.29 is 9.32 Å². The average molecular weight is 558 g/mol. The van der Waals surface area contributed by atoms with Gasteiger partial charge in [0.2, 0.25) is 0 Å². The van der Waals surface area contributed by atoms with Crippen LogP contribution < -0.4 is 5.73 Å². The molecule has 3 nitrogen and oxygen atoms in total. The summed E-state index contributed by atoms with van der Waals surface area (Å²) in [5, 5.41) is 0. The summed E-state index contributed by atoms with van der Waals surface area (Å²) < 4.78 is 6.85. The second kappa shape index (κ2) is 25.8. The first kappa shape index (κ1) is 37.9. The zero-order valence-corrected chi connectivity index (χ0v) is 27.7. The fraction of sp³-hybridized carbons (Fsp3) is 0.971. The van der Waals surface area contributed by atoms with Crippen molar-refractivity contribution in [2.75, 3.05) is 31.2 Å². The van der Waals surface area contributed by atoms with Gasteiger partial charge in [-0.3, -0.25) is 0 Å². The number of rotatable bonds is 30. The molecule has 0 heterocycles. The van der Waals surface area contributed by atoms with E-state index in [0.717, 1.165) is 0 Å². The fourth-order valence-electron chi connectivity index (χ4n) is 6.35. The molecule has 0 saturated heterocycles. The van der Waals surface area contributed by atoms with Gasteiger partial charge in [0.15, 0.2) is 0 Å². The topological polar surface area (TPSA) is 52.3 Å². The van der Waals surface area contributed by atoms with Gasteiger partial charge in [-0.05, 0) is 0 Å². The molecule has 2 N–H and O–H groups in total. The molecule has 0 radical (unpaired) electrons. The zero-order chi connectivity index (χ0) is 28.2. The standard InChI is InChI=1S/C34H72NO2P/c1-5-9-13-17-21-25-29-38(37-34(36)33-35,30-26-22-18-14-10-6-2,31-27-23-19-15-11-7-3)32-28-24-20-16-12-8-4/h5-33,35H2,1-4H3. The van der Waals surface area contributed by atoms with Crippen LogP contribution >= 0.6 is 6.83 Å². The maximum atomic E-state index is 13.0. The molecule has 0 aromatic carbocycles. The Labute approximate surface area is 240 Å². The minimum atomic E-state index is -2.64. The molecule has 0 aromatic rings. The second-order valence-corrected chi connectivity index (χ2v) is 18.2. The average Bonchev–Trinajstić information content (AvgIpc) is 2.92. The monoisotopic (exact) mass is 558 g/mol. The van der Waals surface area contributed by atoms with Crippen molar-refractivity contribution in [3.63, 3.8) is 0 Å². The first-order chi connectivity index (χ1) is 18.5. The molecule has 4 heteroatoms. The summed E-state index contributed by atoms with van der Waals surface area (Å²) in [4.78, 5) is 13.0. The summed E-state index contributed by atoms with van der Waals surface area (Å²) in [5.41, 5.74) is 5.92. The van der Waals surface area contributed by atoms with Gasteiger partial charge in [0.25, 0.3) is 0 Å². The van der Waals surface area contributed by atoms with Crippen molar-refractivity contribution in [2.45, 2.75) is 182 Å². The zero-order valence-electron chi connectivity index (χ0n) is 26.8. The fourth-order valence-corrected chi connectivity index (χ4v) is 12.8. The molecule has 0 aliphatic rings. The Balaban J connectivity index is 5.71. The van der Waals surface area contributed by atoms with Gasteiger partial charge in [-0.15, -0.1) is 0 Å².